The van der Waals surface area contributed by atoms with Gasteiger partial charge in [0, 0.05) is 6.20 Å². The third-order valence-corrected chi connectivity index (χ3v) is 3.92. The van der Waals surface area contributed by atoms with E-state index < -0.39 is 0 Å². The molecule has 0 radical (unpaired) electrons. The van der Waals surface area contributed by atoms with Gasteiger partial charge in [-0.3, -0.25) is 4.79 Å². The Bertz CT molecular complexity index is 755. The van der Waals surface area contributed by atoms with Crippen molar-refractivity contribution in [3.05, 3.63) is 46.9 Å². The van der Waals surface area contributed by atoms with E-state index in [1.165, 1.54) is 6.20 Å². The van der Waals surface area contributed by atoms with Crippen molar-refractivity contribution in [3.63, 3.8) is 0 Å². The molecule has 1 N–H and O–H groups in total. The molecule has 1 amide bonds. The average molecular weight is 282 g/mol. The maximum atomic E-state index is 12.4. The number of nitrogens with one attached hydrogen (secondary N) is 1. The molecule has 2 aromatic rings. The molecule has 1 fully saturated rings. The summed E-state index contributed by atoms with van der Waals surface area (Å²) >= 11 is 0. The molecule has 3 heterocycles. The van der Waals surface area contributed by atoms with Gasteiger partial charge in [-0.1, -0.05) is 0 Å². The van der Waals surface area contributed by atoms with E-state index in [1.54, 1.807) is 18.3 Å². The Kier molecular flexibility index (Phi) is 2.42. The van der Waals surface area contributed by atoms with Gasteiger partial charge in [0.25, 0.3) is 11.7 Å². The number of hydrogen-bond donors (Lipinski definition) is 1. The summed E-state index contributed by atoms with van der Waals surface area (Å²) in [5, 5.41) is 15.2. The van der Waals surface area contributed by atoms with Crippen LogP contribution in [0.2, 0.25) is 0 Å². The van der Waals surface area contributed by atoms with Crippen LogP contribution in [0.1, 0.15) is 28.8 Å². The second kappa shape index (κ2) is 4.18. The first-order valence-electron chi connectivity index (χ1n) is 6.95. The molecule has 1 aliphatic heterocycles. The highest BCUT2D eigenvalue weighted by Gasteiger charge is 2.44. The van der Waals surface area contributed by atoms with Gasteiger partial charge in [-0.2, -0.15) is 0 Å². The molecular formula is C15H14N4O2. The van der Waals surface area contributed by atoms with Crippen molar-refractivity contribution in [3.8, 4) is 0 Å². The Balaban J connectivity index is 2.04. The van der Waals surface area contributed by atoms with Crippen LogP contribution in [0.25, 0.3) is 0 Å². The van der Waals surface area contributed by atoms with Gasteiger partial charge in [-0.15, -0.1) is 0 Å². The summed E-state index contributed by atoms with van der Waals surface area (Å²) in [6.45, 7) is 1.92. The molecule has 0 aromatic carbocycles. The predicted molar refractivity (Wildman–Crippen MR) is 77.5 cm³/mol. The summed E-state index contributed by atoms with van der Waals surface area (Å²) in [7, 11) is 0. The van der Waals surface area contributed by atoms with E-state index in [2.05, 4.69) is 10.3 Å². The summed E-state index contributed by atoms with van der Waals surface area (Å²) < 4.78 is 0.756. The van der Waals surface area contributed by atoms with E-state index in [-0.39, 0.29) is 11.9 Å². The fourth-order valence-corrected chi connectivity index (χ4v) is 2.74. The molecule has 6 heteroatoms. The van der Waals surface area contributed by atoms with E-state index in [4.69, 9.17) is 0 Å². The second-order valence-corrected chi connectivity index (χ2v) is 5.45. The maximum absolute atomic E-state index is 12.4. The normalized spacial score (nSPS) is 16.8. The molecular weight excluding hydrogens is 268 g/mol. The van der Waals surface area contributed by atoms with E-state index in [9.17, 15) is 10.0 Å². The number of aromatic nitrogens is 2. The van der Waals surface area contributed by atoms with Crippen LogP contribution in [0.3, 0.4) is 0 Å². The van der Waals surface area contributed by atoms with Crippen LogP contribution >= 0.6 is 0 Å². The lowest BCUT2D eigenvalue weighted by Crippen LogP contribution is -2.38. The summed E-state index contributed by atoms with van der Waals surface area (Å²) in [5.74, 6) is 0.755. The fourth-order valence-electron chi connectivity index (χ4n) is 2.74. The Morgan fingerprint density at radius 1 is 1.43 bits per heavy atom. The Hall–Kier alpha value is -2.63. The standard InChI is InChI=1S/C15H14N4O2/c1-9-6-7-16-13-12(9)17-14(20)11-3-2-8-18(21)15(11)19(13)10-4-5-10/h2-3,6-8,10H,4-5H2,1H3,(H,17,20). The highest BCUT2D eigenvalue weighted by Crippen LogP contribution is 2.43. The number of carbonyl (C=O) groups excluding carboxylic acids is 1. The van der Waals surface area contributed by atoms with Gasteiger partial charge in [0.1, 0.15) is 17.3 Å². The van der Waals surface area contributed by atoms with E-state index in [1.807, 2.05) is 17.9 Å². The number of aryl methyl sites for hydroxylation is 1. The van der Waals surface area contributed by atoms with Crippen molar-refractivity contribution in [2.45, 2.75) is 25.8 Å². The quantitative estimate of drug-likeness (QED) is 0.640. The SMILES string of the molecule is Cc1ccnc2c1NC(=O)c1ccc[n+]([O-])c1N2C1CC1. The van der Waals surface area contributed by atoms with Gasteiger partial charge >= 0.3 is 0 Å². The lowest BCUT2D eigenvalue weighted by Gasteiger charge is -2.20. The Morgan fingerprint density at radius 3 is 3.00 bits per heavy atom. The maximum Gasteiger partial charge on any atom is 0.299 e. The smallest absolute Gasteiger partial charge is 0.299 e. The highest BCUT2D eigenvalue weighted by molar-refractivity contribution is 6.11. The summed E-state index contributed by atoms with van der Waals surface area (Å²) in [4.78, 5) is 18.8. The lowest BCUT2D eigenvalue weighted by atomic mass is 10.2. The van der Waals surface area contributed by atoms with Crippen molar-refractivity contribution in [2.75, 3.05) is 10.2 Å². The van der Waals surface area contributed by atoms with Gasteiger partial charge in [0.05, 0.1) is 6.20 Å². The number of fused-ring (bicyclic) bond motifs is 2. The average Bonchev–Trinajstić information content (AvgIpc) is 3.28. The predicted octanol–water partition coefficient (Wildman–Crippen LogP) is 1.89. The fraction of sp³-hybridized carbons (Fsp3) is 0.267. The van der Waals surface area contributed by atoms with Crippen molar-refractivity contribution in [1.29, 1.82) is 0 Å². The molecule has 0 saturated heterocycles. The first-order chi connectivity index (χ1) is 10.2. The molecule has 4 rings (SSSR count). The molecule has 1 aliphatic carbocycles. The number of rotatable bonds is 1. The van der Waals surface area contributed by atoms with Crippen molar-refractivity contribution in [2.24, 2.45) is 0 Å². The van der Waals surface area contributed by atoms with Gasteiger partial charge < -0.3 is 10.5 Å². The van der Waals surface area contributed by atoms with Gasteiger partial charge in [-0.05, 0) is 43.5 Å². The van der Waals surface area contributed by atoms with Crippen LogP contribution in [0.15, 0.2) is 30.6 Å². The van der Waals surface area contributed by atoms with Crippen LogP contribution in [-0.2, 0) is 0 Å². The van der Waals surface area contributed by atoms with Crippen molar-refractivity contribution >= 4 is 23.2 Å². The zero-order valence-electron chi connectivity index (χ0n) is 11.5. The molecule has 0 unspecified atom stereocenters. The summed E-state index contributed by atoms with van der Waals surface area (Å²) in [6.07, 6.45) is 5.12. The van der Waals surface area contributed by atoms with E-state index >= 15 is 0 Å². The van der Waals surface area contributed by atoms with Crippen LogP contribution in [0.4, 0.5) is 17.3 Å². The molecule has 106 valence electrons. The number of amides is 1. The minimum atomic E-state index is -0.268. The van der Waals surface area contributed by atoms with Gasteiger partial charge in [-0.25, -0.2) is 14.6 Å². The molecule has 21 heavy (non-hydrogen) atoms. The highest BCUT2D eigenvalue weighted by atomic mass is 16.5. The van der Waals surface area contributed by atoms with Crippen LogP contribution in [0, 0.1) is 12.1 Å². The van der Waals surface area contributed by atoms with Crippen molar-refractivity contribution < 1.29 is 9.52 Å². The van der Waals surface area contributed by atoms with Gasteiger partial charge in [0.15, 0.2) is 0 Å². The minimum absolute atomic E-state index is 0.229. The van der Waals surface area contributed by atoms with E-state index in [0.717, 1.165) is 23.1 Å². The largest absolute Gasteiger partial charge is 0.711 e. The summed E-state index contributed by atoms with van der Waals surface area (Å²) in [5.41, 5.74) is 2.01. The van der Waals surface area contributed by atoms with Gasteiger partial charge in [0.2, 0.25) is 5.82 Å². The topological polar surface area (TPSA) is 72.2 Å². The third-order valence-electron chi connectivity index (χ3n) is 3.92. The van der Waals surface area contributed by atoms with Crippen LogP contribution in [0.5, 0.6) is 0 Å². The number of hydrogen-bond acceptors (Lipinski definition) is 4. The number of pyridine rings is 2. The Morgan fingerprint density at radius 2 is 2.24 bits per heavy atom. The minimum Gasteiger partial charge on any atom is -0.711 e. The first-order valence-corrected chi connectivity index (χ1v) is 6.95. The number of carbonyl (C=O) groups is 1. The second-order valence-electron chi connectivity index (χ2n) is 5.45. The molecule has 1 saturated carbocycles. The monoisotopic (exact) mass is 282 g/mol. The molecule has 2 aliphatic rings. The summed E-state index contributed by atoms with van der Waals surface area (Å²) in [6, 6.07) is 5.35. The van der Waals surface area contributed by atoms with E-state index in [0.29, 0.717) is 22.9 Å². The molecule has 2 aromatic heterocycles. The number of nitrogens with zero attached hydrogens (tertiary/aromatic N) is 3. The van der Waals surface area contributed by atoms with Crippen molar-refractivity contribution in [1.82, 2.24) is 4.98 Å². The Labute approximate surface area is 121 Å². The number of anilines is 3. The lowest BCUT2D eigenvalue weighted by molar-refractivity contribution is -0.592. The molecule has 0 spiro atoms. The molecule has 6 nitrogen and oxygen atoms in total. The molecule has 0 atom stereocenters. The zero-order chi connectivity index (χ0) is 14.6. The zero-order valence-corrected chi connectivity index (χ0v) is 11.5. The molecule has 0 bridgehead atoms. The third kappa shape index (κ3) is 1.75. The van der Waals surface area contributed by atoms with Crippen LogP contribution < -0.4 is 14.9 Å². The first kappa shape index (κ1) is 12.1. The van der Waals surface area contributed by atoms with Crippen LogP contribution in [-0.4, -0.2) is 16.9 Å².